The van der Waals surface area contributed by atoms with E-state index < -0.39 is 0 Å². The molecule has 0 rings (SSSR count). The topological polar surface area (TPSA) is 61.7 Å². The minimum Gasteiger partial charge on any atom is -0.411 e. The lowest BCUT2D eigenvalue weighted by molar-refractivity contribution is -0.120. The molecule has 0 aliphatic rings. The van der Waals surface area contributed by atoms with Gasteiger partial charge < -0.3 is 10.5 Å². The maximum Gasteiger partial charge on any atom is 0.220 e. The second-order valence-electron chi connectivity index (χ2n) is 2.29. The van der Waals surface area contributed by atoms with Crippen LogP contribution in [0.15, 0.2) is 5.16 Å². The summed E-state index contributed by atoms with van der Waals surface area (Å²) in [4.78, 5) is 10.8. The van der Waals surface area contributed by atoms with Crippen molar-refractivity contribution in [3.63, 3.8) is 0 Å². The standard InChI is InChI=1S/C7H14N2O2/c1-3-8-7(10)5-4-6(2)9-11/h11H,3-5H2,1-2H3,(H,8,10)/b9-6-. The molecule has 0 fully saturated rings. The first-order chi connectivity index (χ1) is 5.20. The first-order valence-corrected chi connectivity index (χ1v) is 3.65. The minimum atomic E-state index is -0.00417. The Balaban J connectivity index is 3.46. The van der Waals surface area contributed by atoms with E-state index >= 15 is 0 Å². The predicted octanol–water partition coefficient (Wildman–Crippen LogP) is 0.753. The van der Waals surface area contributed by atoms with Crippen molar-refractivity contribution in [2.24, 2.45) is 5.16 Å². The molecule has 0 spiro atoms. The Kier molecular flexibility index (Phi) is 5.15. The smallest absolute Gasteiger partial charge is 0.220 e. The van der Waals surface area contributed by atoms with Gasteiger partial charge in [-0.2, -0.15) is 0 Å². The highest BCUT2D eigenvalue weighted by atomic mass is 16.4. The Labute approximate surface area is 66.3 Å². The lowest BCUT2D eigenvalue weighted by Crippen LogP contribution is -2.22. The summed E-state index contributed by atoms with van der Waals surface area (Å²) in [5.74, 6) is -0.00417. The number of hydrogen-bond donors (Lipinski definition) is 2. The van der Waals surface area contributed by atoms with E-state index in [4.69, 9.17) is 5.21 Å². The van der Waals surface area contributed by atoms with Gasteiger partial charge in [-0.1, -0.05) is 5.16 Å². The van der Waals surface area contributed by atoms with Crippen molar-refractivity contribution in [2.75, 3.05) is 6.54 Å². The highest BCUT2D eigenvalue weighted by Crippen LogP contribution is 1.91. The fourth-order valence-electron chi connectivity index (χ4n) is 0.630. The van der Waals surface area contributed by atoms with Crippen LogP contribution < -0.4 is 5.32 Å². The summed E-state index contributed by atoms with van der Waals surface area (Å²) < 4.78 is 0. The molecule has 4 nitrogen and oxygen atoms in total. The van der Waals surface area contributed by atoms with Gasteiger partial charge in [-0.15, -0.1) is 0 Å². The molecule has 0 aromatic rings. The van der Waals surface area contributed by atoms with Crippen LogP contribution in [0, 0.1) is 0 Å². The Morgan fingerprint density at radius 1 is 1.55 bits per heavy atom. The maximum atomic E-state index is 10.8. The predicted molar refractivity (Wildman–Crippen MR) is 42.8 cm³/mol. The molecule has 0 aromatic heterocycles. The van der Waals surface area contributed by atoms with Crippen molar-refractivity contribution in [2.45, 2.75) is 26.7 Å². The van der Waals surface area contributed by atoms with Crippen LogP contribution in [0.3, 0.4) is 0 Å². The number of carbonyl (C=O) groups excluding carboxylic acids is 1. The first kappa shape index (κ1) is 9.94. The molecule has 0 heterocycles. The monoisotopic (exact) mass is 158 g/mol. The largest absolute Gasteiger partial charge is 0.411 e. The van der Waals surface area contributed by atoms with Crippen LogP contribution in [0.4, 0.5) is 0 Å². The Morgan fingerprint density at radius 2 is 2.18 bits per heavy atom. The van der Waals surface area contributed by atoms with E-state index in [1.807, 2.05) is 6.92 Å². The van der Waals surface area contributed by atoms with E-state index in [2.05, 4.69) is 10.5 Å². The molecular formula is C7H14N2O2. The van der Waals surface area contributed by atoms with E-state index in [-0.39, 0.29) is 5.91 Å². The second kappa shape index (κ2) is 5.70. The summed E-state index contributed by atoms with van der Waals surface area (Å²) in [6.45, 7) is 4.19. The Hall–Kier alpha value is -1.06. The van der Waals surface area contributed by atoms with Gasteiger partial charge in [0.25, 0.3) is 0 Å². The summed E-state index contributed by atoms with van der Waals surface area (Å²) >= 11 is 0. The number of amides is 1. The van der Waals surface area contributed by atoms with Crippen LogP contribution in [-0.2, 0) is 4.79 Å². The zero-order valence-electron chi connectivity index (χ0n) is 6.92. The normalized spacial score (nSPS) is 11.3. The summed E-state index contributed by atoms with van der Waals surface area (Å²) in [5, 5.41) is 13.8. The van der Waals surface area contributed by atoms with Gasteiger partial charge in [0.1, 0.15) is 0 Å². The van der Waals surface area contributed by atoms with Gasteiger partial charge >= 0.3 is 0 Å². The zero-order valence-corrected chi connectivity index (χ0v) is 6.92. The zero-order chi connectivity index (χ0) is 8.69. The van der Waals surface area contributed by atoms with Gasteiger partial charge in [0.2, 0.25) is 5.91 Å². The third kappa shape index (κ3) is 5.39. The fraction of sp³-hybridized carbons (Fsp3) is 0.714. The summed E-state index contributed by atoms with van der Waals surface area (Å²) in [7, 11) is 0. The van der Waals surface area contributed by atoms with Crippen molar-refractivity contribution in [1.29, 1.82) is 0 Å². The molecule has 2 N–H and O–H groups in total. The molecule has 0 saturated carbocycles. The van der Waals surface area contributed by atoms with Crippen molar-refractivity contribution >= 4 is 11.6 Å². The summed E-state index contributed by atoms with van der Waals surface area (Å²) in [6.07, 6.45) is 0.909. The van der Waals surface area contributed by atoms with E-state index in [1.54, 1.807) is 6.92 Å². The van der Waals surface area contributed by atoms with Gasteiger partial charge in [0, 0.05) is 13.0 Å². The molecule has 1 amide bonds. The van der Waals surface area contributed by atoms with Crippen molar-refractivity contribution in [3.05, 3.63) is 0 Å². The molecule has 64 valence electrons. The minimum absolute atomic E-state index is 0.00417. The number of nitrogens with one attached hydrogen (secondary N) is 1. The molecule has 0 aliphatic carbocycles. The highest BCUT2D eigenvalue weighted by Gasteiger charge is 1.99. The summed E-state index contributed by atoms with van der Waals surface area (Å²) in [5.41, 5.74) is 0.580. The first-order valence-electron chi connectivity index (χ1n) is 3.65. The van der Waals surface area contributed by atoms with Gasteiger partial charge in [0.15, 0.2) is 0 Å². The van der Waals surface area contributed by atoms with Crippen LogP contribution in [0.2, 0.25) is 0 Å². The molecule has 4 heteroatoms. The lowest BCUT2D eigenvalue weighted by atomic mass is 10.2. The molecule has 11 heavy (non-hydrogen) atoms. The Morgan fingerprint density at radius 3 is 2.64 bits per heavy atom. The summed E-state index contributed by atoms with van der Waals surface area (Å²) in [6, 6.07) is 0. The number of oxime groups is 1. The van der Waals surface area contributed by atoms with Crippen LogP contribution >= 0.6 is 0 Å². The lowest BCUT2D eigenvalue weighted by Gasteiger charge is -1.99. The highest BCUT2D eigenvalue weighted by molar-refractivity contribution is 5.86. The van der Waals surface area contributed by atoms with Gasteiger partial charge in [-0.3, -0.25) is 4.79 Å². The fourth-order valence-corrected chi connectivity index (χ4v) is 0.630. The van der Waals surface area contributed by atoms with Gasteiger partial charge in [0.05, 0.1) is 5.71 Å². The van der Waals surface area contributed by atoms with Crippen LogP contribution in [0.25, 0.3) is 0 Å². The van der Waals surface area contributed by atoms with Crippen molar-refractivity contribution in [3.8, 4) is 0 Å². The van der Waals surface area contributed by atoms with Gasteiger partial charge in [-0.25, -0.2) is 0 Å². The molecular weight excluding hydrogens is 144 g/mol. The van der Waals surface area contributed by atoms with Crippen LogP contribution in [0.5, 0.6) is 0 Å². The van der Waals surface area contributed by atoms with E-state index in [1.165, 1.54) is 0 Å². The van der Waals surface area contributed by atoms with Crippen molar-refractivity contribution in [1.82, 2.24) is 5.32 Å². The number of nitrogens with zero attached hydrogens (tertiary/aromatic N) is 1. The average Bonchev–Trinajstić information content (AvgIpc) is 2.01. The quantitative estimate of drug-likeness (QED) is 0.360. The average molecular weight is 158 g/mol. The molecule has 0 atom stereocenters. The third-order valence-electron chi connectivity index (χ3n) is 1.26. The molecule has 0 bridgehead atoms. The Bertz CT molecular complexity index is 155. The second-order valence-corrected chi connectivity index (χ2v) is 2.29. The third-order valence-corrected chi connectivity index (χ3v) is 1.26. The van der Waals surface area contributed by atoms with E-state index in [0.29, 0.717) is 25.1 Å². The molecule has 0 saturated heterocycles. The van der Waals surface area contributed by atoms with E-state index in [9.17, 15) is 4.79 Å². The number of hydrogen-bond acceptors (Lipinski definition) is 3. The van der Waals surface area contributed by atoms with Crippen LogP contribution in [-0.4, -0.2) is 23.4 Å². The molecule has 0 radical (unpaired) electrons. The van der Waals surface area contributed by atoms with Crippen LogP contribution in [0.1, 0.15) is 26.7 Å². The maximum absolute atomic E-state index is 10.8. The molecule has 0 aromatic carbocycles. The molecule has 0 aliphatic heterocycles. The van der Waals surface area contributed by atoms with Gasteiger partial charge in [-0.05, 0) is 20.3 Å². The number of carbonyl (C=O) groups is 1. The molecule has 0 unspecified atom stereocenters. The SMILES string of the molecule is CCNC(=O)CC/C(C)=N\O. The van der Waals surface area contributed by atoms with E-state index in [0.717, 1.165) is 0 Å². The van der Waals surface area contributed by atoms with Crippen molar-refractivity contribution < 1.29 is 10.0 Å². The number of rotatable bonds is 4.